The average molecular weight is 175 g/mol. The lowest BCUT2D eigenvalue weighted by Gasteiger charge is -1.88. The largest absolute Gasteiger partial charge is 0.477 e. The van der Waals surface area contributed by atoms with Gasteiger partial charge in [-0.05, 0) is 6.07 Å². The Kier molecular flexibility index (Phi) is 3.54. The Morgan fingerprint density at radius 2 is 2.27 bits per heavy atom. The van der Waals surface area contributed by atoms with Crippen LogP contribution in [0, 0.1) is 0 Å². The molecule has 60 valence electrons. The first kappa shape index (κ1) is 9.91. The minimum absolute atomic E-state index is 0. The van der Waals surface area contributed by atoms with Crippen LogP contribution in [0.1, 0.15) is 10.4 Å². The third-order valence-corrected chi connectivity index (χ3v) is 1.19. The van der Waals surface area contributed by atoms with Crippen LogP contribution in [0.2, 0.25) is 0 Å². The van der Waals surface area contributed by atoms with Gasteiger partial charge in [0.15, 0.2) is 12.4 Å². The molecule has 4 heteroatoms. The van der Waals surface area contributed by atoms with E-state index in [-0.39, 0.29) is 12.4 Å². The van der Waals surface area contributed by atoms with Gasteiger partial charge in [0.2, 0.25) is 0 Å². The van der Waals surface area contributed by atoms with Crippen molar-refractivity contribution >= 4 is 18.4 Å². The Hall–Kier alpha value is -1.09. The SMILES string of the molecule is C[n+]1cccc(C(=O)O)c1.Cl. The monoisotopic (exact) mass is 174 g/mol. The molecule has 11 heavy (non-hydrogen) atoms. The van der Waals surface area contributed by atoms with Crippen molar-refractivity contribution < 1.29 is 14.5 Å². The van der Waals surface area contributed by atoms with Crippen LogP contribution >= 0.6 is 12.4 Å². The van der Waals surface area contributed by atoms with Crippen LogP contribution in [0.15, 0.2) is 24.5 Å². The van der Waals surface area contributed by atoms with E-state index in [0.717, 1.165) is 0 Å². The first-order chi connectivity index (χ1) is 4.70. The Morgan fingerprint density at radius 3 is 2.64 bits per heavy atom. The fourth-order valence-corrected chi connectivity index (χ4v) is 0.714. The number of aromatic carboxylic acids is 1. The molecule has 0 aliphatic carbocycles. The molecule has 0 aliphatic rings. The Labute approximate surface area is 70.7 Å². The third-order valence-electron chi connectivity index (χ3n) is 1.19. The van der Waals surface area contributed by atoms with Crippen molar-refractivity contribution in [3.05, 3.63) is 30.1 Å². The van der Waals surface area contributed by atoms with Crippen LogP contribution in [0.5, 0.6) is 0 Å². The average Bonchev–Trinajstić information content (AvgIpc) is 1.88. The van der Waals surface area contributed by atoms with E-state index in [1.165, 1.54) is 0 Å². The first-order valence-corrected chi connectivity index (χ1v) is 2.89. The van der Waals surface area contributed by atoms with Gasteiger partial charge in [-0.2, -0.15) is 0 Å². The number of aromatic nitrogens is 1. The molecule has 0 saturated heterocycles. The smallest absolute Gasteiger partial charge is 0.341 e. The van der Waals surface area contributed by atoms with Gasteiger partial charge in [-0.25, -0.2) is 9.36 Å². The van der Waals surface area contributed by atoms with Crippen LogP contribution in [0.4, 0.5) is 0 Å². The maximum absolute atomic E-state index is 10.3. The lowest BCUT2D eigenvalue weighted by Crippen LogP contribution is -2.27. The standard InChI is InChI=1S/C7H7NO2.ClH/c1-8-4-2-3-6(5-8)7(9)10;/h2-5H,1H3;1H/p+1. The predicted octanol–water partition coefficient (Wildman–Crippen LogP) is 0.631. The number of halogens is 1. The van der Waals surface area contributed by atoms with Gasteiger partial charge in [0.05, 0.1) is 0 Å². The van der Waals surface area contributed by atoms with Crippen LogP contribution in [-0.2, 0) is 7.05 Å². The van der Waals surface area contributed by atoms with Crippen molar-refractivity contribution in [3.8, 4) is 0 Å². The molecule has 0 atom stereocenters. The highest BCUT2D eigenvalue weighted by atomic mass is 35.5. The molecule has 0 spiro atoms. The van der Waals surface area contributed by atoms with E-state index in [1.807, 2.05) is 0 Å². The third kappa shape index (κ3) is 2.55. The van der Waals surface area contributed by atoms with Crippen molar-refractivity contribution in [3.63, 3.8) is 0 Å². The molecule has 3 nitrogen and oxygen atoms in total. The summed E-state index contributed by atoms with van der Waals surface area (Å²) in [4.78, 5) is 10.3. The molecule has 1 aromatic rings. The second-order valence-corrected chi connectivity index (χ2v) is 2.06. The highest BCUT2D eigenvalue weighted by Gasteiger charge is 2.04. The van der Waals surface area contributed by atoms with Gasteiger partial charge in [0.1, 0.15) is 12.6 Å². The predicted molar refractivity (Wildman–Crippen MR) is 41.8 cm³/mol. The molecule has 0 saturated carbocycles. The highest BCUT2D eigenvalue weighted by Crippen LogP contribution is 1.91. The zero-order valence-electron chi connectivity index (χ0n) is 6.02. The number of nitrogens with zero attached hydrogens (tertiary/aromatic N) is 1. The summed E-state index contributed by atoms with van der Waals surface area (Å²) in [5, 5.41) is 8.50. The lowest BCUT2D eigenvalue weighted by atomic mass is 10.3. The molecule has 0 unspecified atom stereocenters. The van der Waals surface area contributed by atoms with Crippen LogP contribution in [0.25, 0.3) is 0 Å². The summed E-state index contributed by atoms with van der Waals surface area (Å²) in [6, 6.07) is 3.26. The molecule has 1 aromatic heterocycles. The van der Waals surface area contributed by atoms with Gasteiger partial charge < -0.3 is 5.11 Å². The van der Waals surface area contributed by atoms with E-state index in [0.29, 0.717) is 5.56 Å². The van der Waals surface area contributed by atoms with E-state index in [1.54, 1.807) is 36.1 Å². The van der Waals surface area contributed by atoms with Gasteiger partial charge >= 0.3 is 5.97 Å². The summed E-state index contributed by atoms with van der Waals surface area (Å²) in [6.45, 7) is 0. The van der Waals surface area contributed by atoms with Gasteiger partial charge in [0, 0.05) is 6.07 Å². The van der Waals surface area contributed by atoms with E-state index in [9.17, 15) is 4.79 Å². The van der Waals surface area contributed by atoms with E-state index >= 15 is 0 Å². The summed E-state index contributed by atoms with van der Waals surface area (Å²) in [7, 11) is 1.78. The molecule has 1 N–H and O–H groups in total. The van der Waals surface area contributed by atoms with Crippen LogP contribution < -0.4 is 4.57 Å². The lowest BCUT2D eigenvalue weighted by molar-refractivity contribution is -0.671. The van der Waals surface area contributed by atoms with Crippen molar-refractivity contribution in [1.29, 1.82) is 0 Å². The van der Waals surface area contributed by atoms with Gasteiger partial charge in [-0.15, -0.1) is 12.4 Å². The fourth-order valence-electron chi connectivity index (χ4n) is 0.714. The Balaban J connectivity index is 0.000001000. The van der Waals surface area contributed by atoms with Gasteiger partial charge in [0.25, 0.3) is 0 Å². The van der Waals surface area contributed by atoms with Crippen LogP contribution in [0.3, 0.4) is 0 Å². The molecule has 1 rings (SSSR count). The van der Waals surface area contributed by atoms with Crippen molar-refractivity contribution in [2.24, 2.45) is 7.05 Å². The molecule has 0 aliphatic heterocycles. The molecular weight excluding hydrogens is 166 g/mol. The Morgan fingerprint density at radius 1 is 1.64 bits per heavy atom. The summed E-state index contributed by atoms with van der Waals surface area (Å²) < 4.78 is 1.70. The number of carbonyl (C=O) groups is 1. The number of carboxylic acid groups (broad SMARTS) is 1. The summed E-state index contributed by atoms with van der Waals surface area (Å²) in [6.07, 6.45) is 3.34. The van der Waals surface area contributed by atoms with Crippen molar-refractivity contribution in [2.75, 3.05) is 0 Å². The zero-order chi connectivity index (χ0) is 7.56. The minimum Gasteiger partial charge on any atom is -0.477 e. The van der Waals surface area contributed by atoms with Crippen LogP contribution in [-0.4, -0.2) is 11.1 Å². The number of carboxylic acids is 1. The van der Waals surface area contributed by atoms with Gasteiger partial charge in [-0.3, -0.25) is 0 Å². The molecule has 0 radical (unpaired) electrons. The van der Waals surface area contributed by atoms with Gasteiger partial charge in [-0.1, -0.05) is 0 Å². The summed E-state index contributed by atoms with van der Waals surface area (Å²) >= 11 is 0. The number of hydrogen-bond acceptors (Lipinski definition) is 1. The second-order valence-electron chi connectivity index (χ2n) is 2.06. The topological polar surface area (TPSA) is 41.2 Å². The molecule has 0 amide bonds. The zero-order valence-corrected chi connectivity index (χ0v) is 6.84. The highest BCUT2D eigenvalue weighted by molar-refractivity contribution is 5.86. The van der Waals surface area contributed by atoms with E-state index < -0.39 is 5.97 Å². The number of pyridine rings is 1. The normalized spacial score (nSPS) is 8.45. The van der Waals surface area contributed by atoms with E-state index in [2.05, 4.69) is 0 Å². The maximum Gasteiger partial charge on any atom is 0.341 e. The molecule has 0 bridgehead atoms. The second kappa shape index (κ2) is 3.93. The van der Waals surface area contributed by atoms with Crippen molar-refractivity contribution in [1.82, 2.24) is 0 Å². The molecule has 0 aromatic carbocycles. The van der Waals surface area contributed by atoms with E-state index in [4.69, 9.17) is 5.11 Å². The number of rotatable bonds is 1. The molecule has 1 heterocycles. The quantitative estimate of drug-likeness (QED) is 0.635. The maximum atomic E-state index is 10.3. The number of hydrogen-bond donors (Lipinski definition) is 1. The Bertz CT molecular complexity index is 262. The van der Waals surface area contributed by atoms with Crippen molar-refractivity contribution in [2.45, 2.75) is 0 Å². The summed E-state index contributed by atoms with van der Waals surface area (Å²) in [5.41, 5.74) is 0.310. The fraction of sp³-hybridized carbons (Fsp3) is 0.143. The number of aryl methyl sites for hydroxylation is 1. The minimum atomic E-state index is -0.892. The molecular formula is C7H9ClNO2+. The summed E-state index contributed by atoms with van der Waals surface area (Å²) in [5.74, 6) is -0.892. The first-order valence-electron chi connectivity index (χ1n) is 2.89. The molecule has 0 fully saturated rings.